The number of ether oxygens (including phenoxy) is 2. The Morgan fingerprint density at radius 1 is 1.00 bits per heavy atom. The van der Waals surface area contributed by atoms with Crippen LogP contribution in [0.2, 0.25) is 10.0 Å². The summed E-state index contributed by atoms with van der Waals surface area (Å²) in [7, 11) is 0. The van der Waals surface area contributed by atoms with E-state index in [1.165, 1.54) is 5.56 Å². The molecule has 0 bridgehead atoms. The van der Waals surface area contributed by atoms with Crippen molar-refractivity contribution in [2.24, 2.45) is 0 Å². The van der Waals surface area contributed by atoms with Crippen molar-refractivity contribution >= 4 is 23.2 Å². The molecule has 106 valence electrons. The summed E-state index contributed by atoms with van der Waals surface area (Å²) in [6, 6.07) is 9.08. The minimum Gasteiger partial charge on any atom is -0.487 e. The predicted octanol–water partition coefficient (Wildman–Crippen LogP) is 4.41. The number of halogens is 2. The Labute approximate surface area is 128 Å². The van der Waals surface area contributed by atoms with Crippen LogP contribution < -0.4 is 9.47 Å². The average Bonchev–Trinajstić information content (AvgIpc) is 2.46. The zero-order valence-corrected chi connectivity index (χ0v) is 12.6. The average molecular weight is 312 g/mol. The Kier molecular flexibility index (Phi) is 5.50. The molecule has 0 saturated carbocycles. The first kappa shape index (κ1) is 14.9. The second-order valence-corrected chi connectivity index (χ2v) is 4.92. The summed E-state index contributed by atoms with van der Waals surface area (Å²) >= 11 is 12.0. The summed E-state index contributed by atoms with van der Waals surface area (Å²) in [4.78, 5) is 4.20. The van der Waals surface area contributed by atoms with Gasteiger partial charge in [0.2, 0.25) is 5.88 Å². The van der Waals surface area contributed by atoms with Crippen LogP contribution in [0.1, 0.15) is 12.5 Å². The molecule has 0 aliphatic carbocycles. The van der Waals surface area contributed by atoms with E-state index in [4.69, 9.17) is 32.7 Å². The SMILES string of the molecule is CCc1ccc(OCCOc2c(Cl)cccc2Cl)nc1. The summed E-state index contributed by atoms with van der Waals surface area (Å²) in [5, 5.41) is 0.978. The van der Waals surface area contributed by atoms with Crippen LogP contribution in [0.5, 0.6) is 11.6 Å². The molecule has 2 aromatic rings. The van der Waals surface area contributed by atoms with Gasteiger partial charge in [0.05, 0.1) is 10.0 Å². The molecule has 0 amide bonds. The Morgan fingerprint density at radius 2 is 1.70 bits per heavy atom. The molecule has 1 heterocycles. The van der Waals surface area contributed by atoms with Gasteiger partial charge < -0.3 is 9.47 Å². The maximum absolute atomic E-state index is 6.00. The highest BCUT2D eigenvalue weighted by Crippen LogP contribution is 2.32. The first-order chi connectivity index (χ1) is 9.70. The molecule has 0 saturated heterocycles. The van der Waals surface area contributed by atoms with Crippen molar-refractivity contribution in [3.8, 4) is 11.6 Å². The van der Waals surface area contributed by atoms with Crippen LogP contribution in [0, 0.1) is 0 Å². The molecule has 1 aromatic carbocycles. The summed E-state index contributed by atoms with van der Waals surface area (Å²) in [6.07, 6.45) is 2.77. The lowest BCUT2D eigenvalue weighted by atomic mass is 10.2. The zero-order valence-electron chi connectivity index (χ0n) is 11.1. The van der Waals surface area contributed by atoms with Crippen molar-refractivity contribution in [1.82, 2.24) is 4.98 Å². The Hall–Kier alpha value is -1.45. The van der Waals surface area contributed by atoms with E-state index in [-0.39, 0.29) is 0 Å². The fraction of sp³-hybridized carbons (Fsp3) is 0.267. The number of hydrogen-bond donors (Lipinski definition) is 0. The van der Waals surface area contributed by atoms with Crippen LogP contribution in [0.3, 0.4) is 0 Å². The van der Waals surface area contributed by atoms with Gasteiger partial charge in [-0.2, -0.15) is 0 Å². The van der Waals surface area contributed by atoms with E-state index >= 15 is 0 Å². The van der Waals surface area contributed by atoms with Crippen molar-refractivity contribution in [2.75, 3.05) is 13.2 Å². The molecule has 0 spiro atoms. The molecule has 0 aliphatic rings. The lowest BCUT2D eigenvalue weighted by Gasteiger charge is -2.10. The molecule has 3 nitrogen and oxygen atoms in total. The van der Waals surface area contributed by atoms with Gasteiger partial charge in [0.15, 0.2) is 5.75 Å². The first-order valence-electron chi connectivity index (χ1n) is 6.35. The monoisotopic (exact) mass is 311 g/mol. The van der Waals surface area contributed by atoms with E-state index in [1.54, 1.807) is 24.4 Å². The first-order valence-corrected chi connectivity index (χ1v) is 7.11. The minimum absolute atomic E-state index is 0.348. The molecule has 20 heavy (non-hydrogen) atoms. The lowest BCUT2D eigenvalue weighted by molar-refractivity contribution is 0.212. The number of pyridine rings is 1. The van der Waals surface area contributed by atoms with Crippen LogP contribution in [0.4, 0.5) is 0 Å². The van der Waals surface area contributed by atoms with E-state index in [0.717, 1.165) is 6.42 Å². The maximum atomic E-state index is 6.00. The summed E-state index contributed by atoms with van der Waals surface area (Å²) in [6.45, 7) is 2.80. The predicted molar refractivity (Wildman–Crippen MR) is 81.1 cm³/mol. The van der Waals surface area contributed by atoms with Gasteiger partial charge in [0, 0.05) is 12.3 Å². The Balaban J connectivity index is 1.81. The number of benzene rings is 1. The highest BCUT2D eigenvalue weighted by Gasteiger charge is 2.06. The van der Waals surface area contributed by atoms with Gasteiger partial charge in [-0.25, -0.2) is 4.98 Å². The summed E-state index contributed by atoms with van der Waals surface area (Å²) in [5.41, 5.74) is 1.18. The normalized spacial score (nSPS) is 10.3. The van der Waals surface area contributed by atoms with Gasteiger partial charge in [0.1, 0.15) is 13.2 Å². The van der Waals surface area contributed by atoms with Gasteiger partial charge in [-0.05, 0) is 24.1 Å². The van der Waals surface area contributed by atoms with E-state index in [0.29, 0.717) is 34.9 Å². The maximum Gasteiger partial charge on any atom is 0.213 e. The van der Waals surface area contributed by atoms with Crippen molar-refractivity contribution < 1.29 is 9.47 Å². The number of aromatic nitrogens is 1. The van der Waals surface area contributed by atoms with Gasteiger partial charge in [-0.15, -0.1) is 0 Å². The minimum atomic E-state index is 0.348. The van der Waals surface area contributed by atoms with Gasteiger partial charge in [-0.3, -0.25) is 0 Å². The van der Waals surface area contributed by atoms with Crippen LogP contribution in [0.25, 0.3) is 0 Å². The second-order valence-electron chi connectivity index (χ2n) is 4.11. The van der Waals surface area contributed by atoms with Crippen molar-refractivity contribution in [3.63, 3.8) is 0 Å². The second kappa shape index (κ2) is 7.36. The molecule has 5 heteroatoms. The fourth-order valence-corrected chi connectivity index (χ4v) is 2.12. The van der Waals surface area contributed by atoms with E-state index < -0.39 is 0 Å². The molecule has 0 radical (unpaired) electrons. The quantitative estimate of drug-likeness (QED) is 0.740. The zero-order chi connectivity index (χ0) is 14.4. The molecule has 2 rings (SSSR count). The molecule has 0 aliphatic heterocycles. The number of nitrogens with zero attached hydrogens (tertiary/aromatic N) is 1. The third-order valence-corrected chi connectivity index (χ3v) is 3.30. The molecule has 0 unspecified atom stereocenters. The number of para-hydroxylation sites is 1. The summed E-state index contributed by atoms with van der Waals surface area (Å²) in [5.74, 6) is 1.06. The number of hydrogen-bond acceptors (Lipinski definition) is 3. The van der Waals surface area contributed by atoms with Crippen LogP contribution in [-0.4, -0.2) is 18.2 Å². The molecule has 1 aromatic heterocycles. The molecule has 0 N–H and O–H groups in total. The fourth-order valence-electron chi connectivity index (χ4n) is 1.62. The topological polar surface area (TPSA) is 31.4 Å². The smallest absolute Gasteiger partial charge is 0.213 e. The van der Waals surface area contributed by atoms with Gasteiger partial charge >= 0.3 is 0 Å². The van der Waals surface area contributed by atoms with Crippen molar-refractivity contribution in [1.29, 1.82) is 0 Å². The molecule has 0 atom stereocenters. The Bertz CT molecular complexity index is 538. The number of rotatable bonds is 6. The molecular weight excluding hydrogens is 297 g/mol. The van der Waals surface area contributed by atoms with Crippen molar-refractivity contribution in [3.05, 3.63) is 52.1 Å². The summed E-state index contributed by atoms with van der Waals surface area (Å²) < 4.78 is 11.0. The highest BCUT2D eigenvalue weighted by atomic mass is 35.5. The van der Waals surface area contributed by atoms with Gasteiger partial charge in [0.25, 0.3) is 0 Å². The van der Waals surface area contributed by atoms with E-state index in [2.05, 4.69) is 11.9 Å². The third-order valence-electron chi connectivity index (χ3n) is 2.70. The van der Waals surface area contributed by atoms with E-state index in [9.17, 15) is 0 Å². The highest BCUT2D eigenvalue weighted by molar-refractivity contribution is 6.37. The largest absolute Gasteiger partial charge is 0.487 e. The number of aryl methyl sites for hydroxylation is 1. The van der Waals surface area contributed by atoms with E-state index in [1.807, 2.05) is 12.1 Å². The van der Waals surface area contributed by atoms with Crippen LogP contribution in [0.15, 0.2) is 36.5 Å². The van der Waals surface area contributed by atoms with Crippen molar-refractivity contribution in [2.45, 2.75) is 13.3 Å². The molecular formula is C15H15Cl2NO2. The van der Waals surface area contributed by atoms with Crippen LogP contribution in [-0.2, 0) is 6.42 Å². The Morgan fingerprint density at radius 3 is 2.30 bits per heavy atom. The van der Waals surface area contributed by atoms with Gasteiger partial charge in [-0.1, -0.05) is 42.3 Å². The third kappa shape index (κ3) is 4.02. The van der Waals surface area contributed by atoms with Crippen LogP contribution >= 0.6 is 23.2 Å². The lowest BCUT2D eigenvalue weighted by Crippen LogP contribution is -2.10. The standard InChI is InChI=1S/C15H15Cl2NO2/c1-2-11-6-7-14(18-10-11)19-8-9-20-15-12(16)4-3-5-13(15)17/h3-7,10H,2,8-9H2,1H3. The molecule has 0 fully saturated rings.